The summed E-state index contributed by atoms with van der Waals surface area (Å²) in [7, 11) is 0. The number of nitrogens with one attached hydrogen (secondary N) is 1. The molecule has 116 valence electrons. The molecule has 0 aliphatic carbocycles. The molecule has 3 heteroatoms. The van der Waals surface area contributed by atoms with Crippen molar-refractivity contribution < 1.29 is 9.53 Å². The molecule has 0 spiro atoms. The summed E-state index contributed by atoms with van der Waals surface area (Å²) in [6, 6.07) is 10.2. The predicted molar refractivity (Wildman–Crippen MR) is 84.9 cm³/mol. The third-order valence-corrected chi connectivity index (χ3v) is 4.22. The Hall–Kier alpha value is -1.35. The van der Waals surface area contributed by atoms with E-state index < -0.39 is 0 Å². The zero-order valence-electron chi connectivity index (χ0n) is 13.2. The molecule has 3 atom stereocenters. The van der Waals surface area contributed by atoms with Crippen molar-refractivity contribution in [2.24, 2.45) is 5.92 Å². The maximum atomic E-state index is 11.6. The summed E-state index contributed by atoms with van der Waals surface area (Å²) in [5.74, 6) is 0.826. The molecule has 1 saturated heterocycles. The molecule has 1 aliphatic heterocycles. The summed E-state index contributed by atoms with van der Waals surface area (Å²) in [6.45, 7) is 5.06. The normalized spacial score (nSPS) is 22.5. The number of hydrogen-bond donors (Lipinski definition) is 1. The van der Waals surface area contributed by atoms with Gasteiger partial charge in [0.2, 0.25) is 0 Å². The molecular weight excluding hydrogens is 262 g/mol. The van der Waals surface area contributed by atoms with E-state index in [-0.39, 0.29) is 18.1 Å². The largest absolute Gasteiger partial charge is 0.362 e. The average molecular weight is 289 g/mol. The van der Waals surface area contributed by atoms with Crippen LogP contribution in [0.3, 0.4) is 0 Å². The lowest BCUT2D eigenvalue weighted by atomic mass is 9.92. The van der Waals surface area contributed by atoms with E-state index in [2.05, 4.69) is 19.2 Å². The number of β-lactam (4-membered cyclic amide) rings is 1. The Balaban J connectivity index is 1.68. The van der Waals surface area contributed by atoms with E-state index in [9.17, 15) is 4.79 Å². The van der Waals surface area contributed by atoms with E-state index in [1.807, 2.05) is 30.3 Å². The van der Waals surface area contributed by atoms with Crippen molar-refractivity contribution in [3.05, 3.63) is 35.9 Å². The number of hydrogen-bond acceptors (Lipinski definition) is 2. The van der Waals surface area contributed by atoms with Crippen molar-refractivity contribution in [3.8, 4) is 0 Å². The van der Waals surface area contributed by atoms with E-state index in [0.717, 1.165) is 24.3 Å². The van der Waals surface area contributed by atoms with Gasteiger partial charge in [0.25, 0.3) is 5.91 Å². The molecule has 1 fully saturated rings. The van der Waals surface area contributed by atoms with E-state index in [1.54, 1.807) is 0 Å². The molecule has 1 N–H and O–H groups in total. The Kier molecular flexibility index (Phi) is 6.24. The first-order valence-corrected chi connectivity index (χ1v) is 8.16. The van der Waals surface area contributed by atoms with Gasteiger partial charge in [-0.25, -0.2) is 0 Å². The maximum absolute atomic E-state index is 11.6. The van der Waals surface area contributed by atoms with Crippen molar-refractivity contribution in [1.82, 2.24) is 5.32 Å². The second kappa shape index (κ2) is 8.18. The first-order valence-electron chi connectivity index (χ1n) is 8.16. The molecule has 1 aliphatic rings. The van der Waals surface area contributed by atoms with Crippen LogP contribution in [-0.2, 0) is 16.1 Å². The SMILES string of the molecule is CCCC(C)CCCC1NC(=O)C1OCc1ccccc1. The maximum Gasteiger partial charge on any atom is 0.251 e. The first-order chi connectivity index (χ1) is 10.2. The average Bonchev–Trinajstić information content (AvgIpc) is 2.48. The zero-order chi connectivity index (χ0) is 15.1. The summed E-state index contributed by atoms with van der Waals surface area (Å²) in [6.07, 6.45) is 5.73. The van der Waals surface area contributed by atoms with Gasteiger partial charge >= 0.3 is 0 Å². The fourth-order valence-electron chi connectivity index (χ4n) is 2.93. The van der Waals surface area contributed by atoms with Crippen LogP contribution in [-0.4, -0.2) is 18.1 Å². The smallest absolute Gasteiger partial charge is 0.251 e. The van der Waals surface area contributed by atoms with Gasteiger partial charge in [0, 0.05) is 0 Å². The van der Waals surface area contributed by atoms with E-state index >= 15 is 0 Å². The fourth-order valence-corrected chi connectivity index (χ4v) is 2.93. The molecule has 0 radical (unpaired) electrons. The van der Waals surface area contributed by atoms with Gasteiger partial charge in [-0.1, -0.05) is 69.9 Å². The Labute approximate surface area is 128 Å². The highest BCUT2D eigenvalue weighted by atomic mass is 16.5. The quantitative estimate of drug-likeness (QED) is 0.704. The predicted octanol–water partition coefficient (Wildman–Crippen LogP) is 3.68. The van der Waals surface area contributed by atoms with Gasteiger partial charge in [0.05, 0.1) is 12.6 Å². The van der Waals surface area contributed by atoms with Gasteiger partial charge in [-0.3, -0.25) is 4.79 Å². The lowest BCUT2D eigenvalue weighted by Crippen LogP contribution is -2.63. The van der Waals surface area contributed by atoms with Crippen molar-refractivity contribution in [2.45, 2.75) is 64.7 Å². The third-order valence-electron chi connectivity index (χ3n) is 4.22. The Morgan fingerprint density at radius 3 is 2.67 bits per heavy atom. The van der Waals surface area contributed by atoms with Crippen molar-refractivity contribution in [2.75, 3.05) is 0 Å². The van der Waals surface area contributed by atoms with Crippen molar-refractivity contribution in [3.63, 3.8) is 0 Å². The van der Waals surface area contributed by atoms with Gasteiger partial charge in [-0.15, -0.1) is 0 Å². The van der Waals surface area contributed by atoms with Crippen molar-refractivity contribution >= 4 is 5.91 Å². The third kappa shape index (κ3) is 4.85. The highest BCUT2D eigenvalue weighted by Gasteiger charge is 2.39. The molecule has 0 saturated carbocycles. The molecule has 3 nitrogen and oxygen atoms in total. The van der Waals surface area contributed by atoms with Crippen LogP contribution in [0.15, 0.2) is 30.3 Å². The number of carbonyl (C=O) groups excluding carboxylic acids is 1. The minimum absolute atomic E-state index is 0.0394. The molecule has 1 amide bonds. The Morgan fingerprint density at radius 2 is 2.00 bits per heavy atom. The highest BCUT2D eigenvalue weighted by Crippen LogP contribution is 2.21. The molecule has 1 aromatic carbocycles. The summed E-state index contributed by atoms with van der Waals surface area (Å²) >= 11 is 0. The monoisotopic (exact) mass is 289 g/mol. The van der Waals surface area contributed by atoms with Gasteiger partial charge < -0.3 is 10.1 Å². The topological polar surface area (TPSA) is 38.3 Å². The second-order valence-corrected chi connectivity index (χ2v) is 6.16. The summed E-state index contributed by atoms with van der Waals surface area (Å²) in [5.41, 5.74) is 1.12. The summed E-state index contributed by atoms with van der Waals surface area (Å²) in [5, 5.41) is 2.97. The van der Waals surface area contributed by atoms with Crippen LogP contribution >= 0.6 is 0 Å². The molecule has 2 rings (SSSR count). The van der Waals surface area contributed by atoms with Gasteiger partial charge in [0.1, 0.15) is 0 Å². The van der Waals surface area contributed by atoms with Gasteiger partial charge in [-0.2, -0.15) is 0 Å². The molecule has 1 aromatic rings. The van der Waals surface area contributed by atoms with Gasteiger partial charge in [-0.05, 0) is 17.9 Å². The summed E-state index contributed by atoms with van der Waals surface area (Å²) < 4.78 is 5.78. The van der Waals surface area contributed by atoms with E-state index in [1.165, 1.54) is 19.3 Å². The minimum Gasteiger partial charge on any atom is -0.362 e. The molecule has 1 heterocycles. The number of ether oxygens (including phenoxy) is 1. The number of amides is 1. The zero-order valence-corrected chi connectivity index (χ0v) is 13.2. The van der Waals surface area contributed by atoms with Gasteiger partial charge in [0.15, 0.2) is 6.10 Å². The van der Waals surface area contributed by atoms with E-state index in [0.29, 0.717) is 6.61 Å². The highest BCUT2D eigenvalue weighted by molar-refractivity contribution is 5.88. The van der Waals surface area contributed by atoms with Crippen LogP contribution in [0.2, 0.25) is 0 Å². The lowest BCUT2D eigenvalue weighted by molar-refractivity contribution is -0.150. The van der Waals surface area contributed by atoms with Crippen LogP contribution in [0.25, 0.3) is 0 Å². The number of rotatable bonds is 9. The van der Waals surface area contributed by atoms with Crippen LogP contribution in [0.4, 0.5) is 0 Å². The molecule has 21 heavy (non-hydrogen) atoms. The standard InChI is InChI=1S/C18H27NO2/c1-3-8-14(2)9-7-12-16-17(18(20)19-16)21-13-15-10-5-4-6-11-15/h4-6,10-11,14,16-17H,3,7-9,12-13H2,1-2H3,(H,19,20). The number of carbonyl (C=O) groups is 1. The molecular formula is C18H27NO2. The lowest BCUT2D eigenvalue weighted by Gasteiger charge is -2.36. The molecule has 3 unspecified atom stereocenters. The summed E-state index contributed by atoms with van der Waals surface area (Å²) in [4.78, 5) is 11.6. The van der Waals surface area contributed by atoms with Crippen LogP contribution < -0.4 is 5.32 Å². The molecule has 0 aromatic heterocycles. The molecule has 0 bridgehead atoms. The van der Waals surface area contributed by atoms with E-state index in [4.69, 9.17) is 4.74 Å². The second-order valence-electron chi connectivity index (χ2n) is 6.16. The Bertz CT molecular complexity index is 432. The minimum atomic E-state index is -0.258. The Morgan fingerprint density at radius 1 is 1.24 bits per heavy atom. The van der Waals surface area contributed by atoms with Crippen LogP contribution in [0, 0.1) is 5.92 Å². The van der Waals surface area contributed by atoms with Crippen LogP contribution in [0.1, 0.15) is 51.5 Å². The van der Waals surface area contributed by atoms with Crippen LogP contribution in [0.5, 0.6) is 0 Å². The first kappa shape index (κ1) is 16.0. The van der Waals surface area contributed by atoms with Crippen molar-refractivity contribution in [1.29, 1.82) is 0 Å². The fraction of sp³-hybridized carbons (Fsp3) is 0.611. The number of benzene rings is 1.